The Hall–Kier alpha value is -3.16. The summed E-state index contributed by atoms with van der Waals surface area (Å²) < 4.78 is 34.1. The molecule has 0 bridgehead atoms. The van der Waals surface area contributed by atoms with Gasteiger partial charge in [0.25, 0.3) is 0 Å². The van der Waals surface area contributed by atoms with Crippen molar-refractivity contribution in [1.82, 2.24) is 15.1 Å². The van der Waals surface area contributed by atoms with Crippen LogP contribution in [0.2, 0.25) is 0 Å². The van der Waals surface area contributed by atoms with Crippen molar-refractivity contribution in [1.29, 1.82) is 5.26 Å². The number of hydrogen-bond acceptors (Lipinski definition) is 7. The molecule has 5 rings (SSSR count). The number of fused-ring (bicyclic) bond motifs is 1. The molecule has 10 heteroatoms. The fourth-order valence-corrected chi connectivity index (χ4v) is 5.84. The van der Waals surface area contributed by atoms with Gasteiger partial charge in [-0.05, 0) is 61.6 Å². The number of amides is 1. The van der Waals surface area contributed by atoms with Crippen molar-refractivity contribution in [2.45, 2.75) is 38.1 Å². The quantitative estimate of drug-likeness (QED) is 0.601. The lowest BCUT2D eigenvalue weighted by Crippen LogP contribution is -2.32. The van der Waals surface area contributed by atoms with Crippen molar-refractivity contribution in [3.8, 4) is 17.3 Å². The number of nitrogens with one attached hydrogen (secondary N) is 2. The van der Waals surface area contributed by atoms with Gasteiger partial charge in [0.15, 0.2) is 11.6 Å². The highest BCUT2D eigenvalue weighted by molar-refractivity contribution is 5.92. The number of benzene rings is 1. The summed E-state index contributed by atoms with van der Waals surface area (Å²) >= 11 is 0. The van der Waals surface area contributed by atoms with Crippen LogP contribution < -0.4 is 10.6 Å². The molecule has 8 nitrogen and oxygen atoms in total. The molecule has 36 heavy (non-hydrogen) atoms. The number of anilines is 2. The first-order chi connectivity index (χ1) is 17.5. The molecule has 1 aromatic carbocycles. The monoisotopic (exact) mass is 496 g/mol. The summed E-state index contributed by atoms with van der Waals surface area (Å²) in [6.07, 6.45) is 4.12. The number of likely N-dealkylation sites (tertiary alicyclic amines) is 1. The Bertz CT molecular complexity index is 1120. The predicted molar refractivity (Wildman–Crippen MR) is 130 cm³/mol. The summed E-state index contributed by atoms with van der Waals surface area (Å²) in [6, 6.07) is 7.49. The summed E-state index contributed by atoms with van der Waals surface area (Å²) in [5.74, 6) is -0.0658. The van der Waals surface area contributed by atoms with Crippen LogP contribution in [0.15, 0.2) is 24.3 Å². The van der Waals surface area contributed by atoms with Crippen LogP contribution >= 0.6 is 0 Å². The molecule has 1 amide bonds. The Labute approximate surface area is 209 Å². The molecular weight excluding hydrogens is 466 g/mol. The van der Waals surface area contributed by atoms with Gasteiger partial charge < -0.3 is 20.3 Å². The Morgan fingerprint density at radius 3 is 2.56 bits per heavy atom. The standard InChI is InChI=1S/C26H30F2N6O2/c27-22-12-20(31-25(35)3-6-29)11-21(26(22)28)23-1-2-24(33-32-23)30-19-9-17-14-34(15-18(17)10-19)13-16-4-7-36-8-5-16/h1-2,11-12,16-19H,3-5,7-10,13-15H2,(H,30,33)(H,31,35)/t17-,18+,19?. The maximum atomic E-state index is 14.5. The van der Waals surface area contributed by atoms with Crippen LogP contribution in [0, 0.1) is 40.7 Å². The molecule has 2 saturated heterocycles. The third-order valence-corrected chi connectivity index (χ3v) is 7.53. The Kier molecular flexibility index (Phi) is 7.39. The van der Waals surface area contributed by atoms with Gasteiger partial charge in [-0.15, -0.1) is 10.2 Å². The van der Waals surface area contributed by atoms with Gasteiger partial charge in [-0.1, -0.05) is 0 Å². The number of hydrogen-bond donors (Lipinski definition) is 2. The van der Waals surface area contributed by atoms with Crippen molar-refractivity contribution in [2.24, 2.45) is 17.8 Å². The summed E-state index contributed by atoms with van der Waals surface area (Å²) in [4.78, 5) is 14.3. The molecule has 1 saturated carbocycles. The highest BCUT2D eigenvalue weighted by atomic mass is 19.2. The topological polar surface area (TPSA) is 103 Å². The first-order valence-corrected chi connectivity index (χ1v) is 12.5. The summed E-state index contributed by atoms with van der Waals surface area (Å²) in [5.41, 5.74) is 0.0956. The number of carbonyl (C=O) groups is 1. The zero-order valence-electron chi connectivity index (χ0n) is 20.1. The molecule has 3 fully saturated rings. The maximum Gasteiger partial charge on any atom is 0.238 e. The van der Waals surface area contributed by atoms with E-state index >= 15 is 0 Å². The second-order valence-electron chi connectivity index (χ2n) is 10.1. The highest BCUT2D eigenvalue weighted by Crippen LogP contribution is 2.39. The molecule has 3 aliphatic rings. The molecule has 1 aromatic heterocycles. The molecule has 1 unspecified atom stereocenters. The molecule has 1 aliphatic carbocycles. The van der Waals surface area contributed by atoms with Gasteiger partial charge in [0.1, 0.15) is 12.2 Å². The summed E-state index contributed by atoms with van der Waals surface area (Å²) in [7, 11) is 0. The Balaban J connectivity index is 1.17. The van der Waals surface area contributed by atoms with E-state index in [0.29, 0.717) is 23.7 Å². The second kappa shape index (κ2) is 10.8. The van der Waals surface area contributed by atoms with E-state index in [1.54, 1.807) is 18.2 Å². The van der Waals surface area contributed by atoms with Crippen LogP contribution in [-0.4, -0.2) is 59.9 Å². The molecule has 0 spiro atoms. The van der Waals surface area contributed by atoms with Gasteiger partial charge in [0.05, 0.1) is 11.8 Å². The number of aromatic nitrogens is 2. The lowest BCUT2D eigenvalue weighted by Gasteiger charge is -2.27. The lowest BCUT2D eigenvalue weighted by atomic mass is 10.00. The fraction of sp³-hybridized carbons (Fsp3) is 0.538. The zero-order chi connectivity index (χ0) is 25.1. The van der Waals surface area contributed by atoms with Gasteiger partial charge >= 0.3 is 0 Å². The Morgan fingerprint density at radius 1 is 1.14 bits per heavy atom. The van der Waals surface area contributed by atoms with E-state index in [2.05, 4.69) is 25.7 Å². The van der Waals surface area contributed by atoms with Crippen LogP contribution in [0.4, 0.5) is 20.3 Å². The lowest BCUT2D eigenvalue weighted by molar-refractivity contribution is -0.115. The Morgan fingerprint density at radius 2 is 1.89 bits per heavy atom. The minimum Gasteiger partial charge on any atom is -0.381 e. The highest BCUT2D eigenvalue weighted by Gasteiger charge is 2.41. The largest absolute Gasteiger partial charge is 0.381 e. The molecule has 3 atom stereocenters. The molecular formula is C26H30F2N6O2. The first-order valence-electron chi connectivity index (χ1n) is 12.5. The average molecular weight is 497 g/mol. The van der Waals surface area contributed by atoms with Crippen molar-refractivity contribution in [3.05, 3.63) is 35.9 Å². The molecule has 2 aliphatic heterocycles. The minimum absolute atomic E-state index is 0.0523. The van der Waals surface area contributed by atoms with Crippen LogP contribution in [0.1, 0.15) is 32.1 Å². The molecule has 2 aromatic rings. The fourth-order valence-electron chi connectivity index (χ4n) is 5.84. The van der Waals surface area contributed by atoms with Gasteiger partial charge in [0, 0.05) is 56.2 Å². The number of halogens is 2. The third-order valence-electron chi connectivity index (χ3n) is 7.53. The molecule has 3 heterocycles. The number of nitriles is 1. The van der Waals surface area contributed by atoms with E-state index in [0.717, 1.165) is 51.1 Å². The van der Waals surface area contributed by atoms with E-state index in [9.17, 15) is 13.6 Å². The van der Waals surface area contributed by atoms with E-state index in [1.165, 1.54) is 25.5 Å². The SMILES string of the molecule is N#CCC(=O)Nc1cc(F)c(F)c(-c2ccc(NC3C[C@@H]4CN(CC5CCOCC5)C[C@@H]4C3)nn2)c1. The predicted octanol–water partition coefficient (Wildman–Crippen LogP) is 3.82. The van der Waals surface area contributed by atoms with Crippen LogP contribution in [0.3, 0.4) is 0 Å². The summed E-state index contributed by atoms with van der Waals surface area (Å²) in [6.45, 7) is 5.27. The zero-order valence-corrected chi connectivity index (χ0v) is 20.1. The third kappa shape index (κ3) is 5.63. The van der Waals surface area contributed by atoms with E-state index in [4.69, 9.17) is 10.00 Å². The number of rotatable bonds is 7. The first kappa shape index (κ1) is 24.5. The molecule has 190 valence electrons. The van der Waals surface area contributed by atoms with Crippen molar-refractivity contribution >= 4 is 17.4 Å². The smallest absolute Gasteiger partial charge is 0.238 e. The van der Waals surface area contributed by atoms with Gasteiger partial charge in [-0.2, -0.15) is 5.26 Å². The van der Waals surface area contributed by atoms with Gasteiger partial charge in [-0.25, -0.2) is 8.78 Å². The van der Waals surface area contributed by atoms with Crippen LogP contribution in [0.5, 0.6) is 0 Å². The van der Waals surface area contributed by atoms with Gasteiger partial charge in [0.2, 0.25) is 5.91 Å². The number of ether oxygens (including phenoxy) is 1. The number of carbonyl (C=O) groups excluding carboxylic acids is 1. The average Bonchev–Trinajstić information content (AvgIpc) is 3.40. The van der Waals surface area contributed by atoms with Crippen molar-refractivity contribution in [2.75, 3.05) is 43.5 Å². The minimum atomic E-state index is -1.12. The van der Waals surface area contributed by atoms with E-state index in [1.807, 2.05) is 0 Å². The molecule has 2 N–H and O–H groups in total. The van der Waals surface area contributed by atoms with E-state index < -0.39 is 17.5 Å². The van der Waals surface area contributed by atoms with Crippen molar-refractivity contribution < 1.29 is 18.3 Å². The maximum absolute atomic E-state index is 14.5. The van der Waals surface area contributed by atoms with Crippen LogP contribution in [-0.2, 0) is 9.53 Å². The summed E-state index contributed by atoms with van der Waals surface area (Å²) in [5, 5.41) is 22.8. The van der Waals surface area contributed by atoms with Crippen molar-refractivity contribution in [3.63, 3.8) is 0 Å². The van der Waals surface area contributed by atoms with Gasteiger partial charge in [-0.3, -0.25) is 4.79 Å². The van der Waals surface area contributed by atoms with Crippen LogP contribution in [0.25, 0.3) is 11.3 Å². The van der Waals surface area contributed by atoms with E-state index in [-0.39, 0.29) is 23.4 Å². The molecule has 0 radical (unpaired) electrons. The second-order valence-corrected chi connectivity index (χ2v) is 10.1. The number of nitrogens with zero attached hydrogens (tertiary/aromatic N) is 4. The normalized spacial score (nSPS) is 24.3.